The van der Waals surface area contributed by atoms with Gasteiger partial charge in [-0.3, -0.25) is 4.79 Å². The fourth-order valence-corrected chi connectivity index (χ4v) is 4.11. The van der Waals surface area contributed by atoms with Gasteiger partial charge in [-0.15, -0.1) is 12.4 Å². The van der Waals surface area contributed by atoms with Crippen LogP contribution in [-0.2, 0) is 4.79 Å². The van der Waals surface area contributed by atoms with Crippen molar-refractivity contribution in [1.82, 2.24) is 5.32 Å². The maximum atomic E-state index is 12.4. The first-order chi connectivity index (χ1) is 10.1. The molecule has 2 aliphatic rings. The van der Waals surface area contributed by atoms with E-state index in [9.17, 15) is 9.90 Å². The summed E-state index contributed by atoms with van der Waals surface area (Å²) >= 11 is 0. The summed E-state index contributed by atoms with van der Waals surface area (Å²) < 4.78 is 0. The highest BCUT2D eigenvalue weighted by Gasteiger charge is 2.48. The van der Waals surface area contributed by atoms with Gasteiger partial charge in [0.1, 0.15) is 0 Å². The molecule has 3 rings (SSSR count). The molecule has 2 bridgehead atoms. The van der Waals surface area contributed by atoms with Crippen molar-refractivity contribution < 1.29 is 9.90 Å². The summed E-state index contributed by atoms with van der Waals surface area (Å²) in [5.74, 6) is 0.919. The number of amides is 1. The van der Waals surface area contributed by atoms with Crippen LogP contribution in [0.3, 0.4) is 0 Å². The number of aliphatic hydroxyl groups excluding tert-OH is 1. The SMILES string of the molecule is Cc1ccccc1C(O)CNC(=O)C1C2CCC(C2)C1N.Cl. The highest BCUT2D eigenvalue weighted by molar-refractivity contribution is 5.85. The van der Waals surface area contributed by atoms with Crippen LogP contribution in [0.2, 0.25) is 0 Å². The molecule has 1 amide bonds. The highest BCUT2D eigenvalue weighted by atomic mass is 35.5. The number of halogens is 1. The van der Waals surface area contributed by atoms with E-state index in [0.717, 1.165) is 24.0 Å². The van der Waals surface area contributed by atoms with Crippen LogP contribution in [0.25, 0.3) is 0 Å². The van der Waals surface area contributed by atoms with E-state index in [2.05, 4.69) is 5.32 Å². The minimum absolute atomic E-state index is 0. The van der Waals surface area contributed by atoms with Gasteiger partial charge in [0, 0.05) is 12.6 Å². The maximum absolute atomic E-state index is 12.4. The van der Waals surface area contributed by atoms with Crippen LogP contribution in [0, 0.1) is 24.7 Å². The summed E-state index contributed by atoms with van der Waals surface area (Å²) in [4.78, 5) is 12.4. The number of rotatable bonds is 4. The lowest BCUT2D eigenvalue weighted by atomic mass is 9.84. The number of carbonyl (C=O) groups excluding carboxylic acids is 1. The van der Waals surface area contributed by atoms with E-state index in [-0.39, 0.29) is 36.8 Å². The lowest BCUT2D eigenvalue weighted by Gasteiger charge is -2.27. The quantitative estimate of drug-likeness (QED) is 0.792. The van der Waals surface area contributed by atoms with E-state index in [4.69, 9.17) is 5.73 Å². The molecular weight excluding hydrogens is 300 g/mol. The number of carbonyl (C=O) groups is 1. The highest BCUT2D eigenvalue weighted by Crippen LogP contribution is 2.47. The molecule has 0 aliphatic heterocycles. The zero-order valence-electron chi connectivity index (χ0n) is 12.9. The van der Waals surface area contributed by atoms with Crippen molar-refractivity contribution in [3.63, 3.8) is 0 Å². The fourth-order valence-electron chi connectivity index (χ4n) is 4.11. The van der Waals surface area contributed by atoms with Crippen molar-refractivity contribution >= 4 is 18.3 Å². The number of aryl methyl sites for hydroxylation is 1. The predicted molar refractivity (Wildman–Crippen MR) is 88.7 cm³/mol. The van der Waals surface area contributed by atoms with Crippen LogP contribution >= 0.6 is 12.4 Å². The summed E-state index contributed by atoms with van der Waals surface area (Å²) in [6.07, 6.45) is 2.72. The van der Waals surface area contributed by atoms with Gasteiger partial charge in [-0.2, -0.15) is 0 Å². The molecule has 2 saturated carbocycles. The van der Waals surface area contributed by atoms with E-state index in [1.807, 2.05) is 31.2 Å². The Balaban J connectivity index is 0.00000176. The minimum Gasteiger partial charge on any atom is -0.387 e. The average molecular weight is 325 g/mol. The van der Waals surface area contributed by atoms with Crippen LogP contribution < -0.4 is 11.1 Å². The number of hydrogen-bond donors (Lipinski definition) is 3. The number of nitrogens with one attached hydrogen (secondary N) is 1. The van der Waals surface area contributed by atoms with E-state index < -0.39 is 6.10 Å². The normalized spacial score (nSPS) is 30.7. The summed E-state index contributed by atoms with van der Waals surface area (Å²) in [6, 6.07) is 7.71. The lowest BCUT2D eigenvalue weighted by molar-refractivity contribution is -0.127. The van der Waals surface area contributed by atoms with E-state index in [0.29, 0.717) is 11.8 Å². The van der Waals surface area contributed by atoms with Crippen molar-refractivity contribution in [3.05, 3.63) is 35.4 Å². The van der Waals surface area contributed by atoms with Gasteiger partial charge < -0.3 is 16.2 Å². The Morgan fingerprint density at radius 2 is 2.05 bits per heavy atom. The Bertz CT molecular complexity index is 535. The molecule has 0 aromatic heterocycles. The van der Waals surface area contributed by atoms with Crippen LogP contribution in [0.15, 0.2) is 24.3 Å². The molecule has 122 valence electrons. The summed E-state index contributed by atoms with van der Waals surface area (Å²) in [5.41, 5.74) is 8.09. The molecule has 2 fully saturated rings. The zero-order chi connectivity index (χ0) is 15.0. The van der Waals surface area contributed by atoms with E-state index >= 15 is 0 Å². The van der Waals surface area contributed by atoms with Crippen molar-refractivity contribution in [2.24, 2.45) is 23.5 Å². The van der Waals surface area contributed by atoms with Crippen LogP contribution in [0.1, 0.15) is 36.5 Å². The third-order valence-electron chi connectivity index (χ3n) is 5.30. The second kappa shape index (κ2) is 6.99. The summed E-state index contributed by atoms with van der Waals surface area (Å²) in [7, 11) is 0. The van der Waals surface area contributed by atoms with Crippen molar-refractivity contribution in [3.8, 4) is 0 Å². The topological polar surface area (TPSA) is 75.3 Å². The van der Waals surface area contributed by atoms with Gasteiger partial charge in [0.05, 0.1) is 12.0 Å². The average Bonchev–Trinajstić information content (AvgIpc) is 3.06. The van der Waals surface area contributed by atoms with Crippen LogP contribution in [0.4, 0.5) is 0 Å². The zero-order valence-corrected chi connectivity index (χ0v) is 13.7. The van der Waals surface area contributed by atoms with E-state index in [1.165, 1.54) is 6.42 Å². The van der Waals surface area contributed by atoms with Crippen LogP contribution in [0.5, 0.6) is 0 Å². The Kier molecular flexibility index (Phi) is 5.48. The maximum Gasteiger partial charge on any atom is 0.225 e. The second-order valence-corrected chi connectivity index (χ2v) is 6.55. The van der Waals surface area contributed by atoms with Gasteiger partial charge in [-0.05, 0) is 49.1 Å². The Hall–Kier alpha value is -1.10. The molecule has 5 atom stereocenters. The molecule has 4 N–H and O–H groups in total. The van der Waals surface area contributed by atoms with Gasteiger partial charge in [0.15, 0.2) is 0 Å². The number of aliphatic hydroxyl groups is 1. The first kappa shape index (κ1) is 17.3. The molecule has 2 aliphatic carbocycles. The molecule has 0 spiro atoms. The number of benzene rings is 1. The summed E-state index contributed by atoms with van der Waals surface area (Å²) in [6.45, 7) is 2.22. The van der Waals surface area contributed by atoms with Gasteiger partial charge >= 0.3 is 0 Å². The van der Waals surface area contributed by atoms with E-state index in [1.54, 1.807) is 0 Å². The summed E-state index contributed by atoms with van der Waals surface area (Å²) in [5, 5.41) is 13.1. The molecule has 0 radical (unpaired) electrons. The lowest BCUT2D eigenvalue weighted by Crippen LogP contribution is -2.46. The molecule has 5 unspecified atom stereocenters. The fraction of sp³-hybridized carbons (Fsp3) is 0.588. The Morgan fingerprint density at radius 1 is 1.36 bits per heavy atom. The molecule has 0 heterocycles. The Morgan fingerprint density at radius 3 is 2.68 bits per heavy atom. The van der Waals surface area contributed by atoms with Gasteiger partial charge in [0.25, 0.3) is 0 Å². The smallest absolute Gasteiger partial charge is 0.225 e. The van der Waals surface area contributed by atoms with Gasteiger partial charge in [-0.1, -0.05) is 24.3 Å². The first-order valence-corrected chi connectivity index (χ1v) is 7.85. The van der Waals surface area contributed by atoms with Gasteiger partial charge in [0.2, 0.25) is 5.91 Å². The number of fused-ring (bicyclic) bond motifs is 2. The Labute approximate surface area is 137 Å². The molecule has 22 heavy (non-hydrogen) atoms. The predicted octanol–water partition coefficient (Wildman–Crippen LogP) is 1.94. The van der Waals surface area contributed by atoms with Crippen molar-refractivity contribution in [2.75, 3.05) is 6.54 Å². The number of nitrogens with two attached hydrogens (primary N) is 1. The standard InChI is InChI=1S/C17H24N2O2.ClH/c1-10-4-2-3-5-13(10)14(20)9-19-17(21)15-11-6-7-12(8-11)16(15)18;/h2-5,11-12,14-16,20H,6-9,18H2,1H3,(H,19,21);1H. The first-order valence-electron chi connectivity index (χ1n) is 7.85. The van der Waals surface area contributed by atoms with Crippen molar-refractivity contribution in [1.29, 1.82) is 0 Å². The van der Waals surface area contributed by atoms with Crippen molar-refractivity contribution in [2.45, 2.75) is 38.3 Å². The molecule has 4 nitrogen and oxygen atoms in total. The third kappa shape index (κ3) is 3.14. The third-order valence-corrected chi connectivity index (χ3v) is 5.30. The van der Waals surface area contributed by atoms with Crippen LogP contribution in [-0.4, -0.2) is 23.6 Å². The second-order valence-electron chi connectivity index (χ2n) is 6.55. The molecule has 0 saturated heterocycles. The monoisotopic (exact) mass is 324 g/mol. The number of hydrogen-bond acceptors (Lipinski definition) is 3. The molecule has 1 aromatic carbocycles. The molecular formula is C17H25ClN2O2. The minimum atomic E-state index is -0.662. The largest absolute Gasteiger partial charge is 0.387 e. The van der Waals surface area contributed by atoms with Gasteiger partial charge in [-0.25, -0.2) is 0 Å². The molecule has 1 aromatic rings. The molecule has 5 heteroatoms.